The van der Waals surface area contributed by atoms with Crippen molar-refractivity contribution in [2.24, 2.45) is 0 Å². The van der Waals surface area contributed by atoms with Gasteiger partial charge in [0, 0.05) is 22.6 Å². The van der Waals surface area contributed by atoms with Crippen LogP contribution in [0.4, 0.5) is 14.6 Å². The van der Waals surface area contributed by atoms with E-state index in [0.29, 0.717) is 32.5 Å². The van der Waals surface area contributed by atoms with Gasteiger partial charge in [0.1, 0.15) is 39.4 Å². The van der Waals surface area contributed by atoms with E-state index in [1.807, 2.05) is 0 Å². The molecule has 3 heterocycles. The van der Waals surface area contributed by atoms with E-state index >= 15 is 0 Å². The van der Waals surface area contributed by atoms with Crippen LogP contribution in [0.3, 0.4) is 0 Å². The SMILES string of the molecule is CCOc1nc(-c2cc(NCCc3c(F)cc(Br)cc3F)ncn2)sc1-c1noc(=O)[nH]1. The molecule has 1 aromatic carbocycles. The number of hydrogen-bond donors (Lipinski definition) is 2. The number of hydrogen-bond acceptors (Lipinski definition) is 9. The zero-order valence-electron chi connectivity index (χ0n) is 16.5. The van der Waals surface area contributed by atoms with Crippen molar-refractivity contribution in [3.05, 3.63) is 56.7 Å². The Morgan fingerprint density at radius 1 is 1.25 bits per heavy atom. The van der Waals surface area contributed by atoms with Crippen molar-refractivity contribution in [1.82, 2.24) is 25.1 Å². The fraction of sp³-hybridized carbons (Fsp3) is 0.211. The van der Waals surface area contributed by atoms with Crippen LogP contribution in [0.25, 0.3) is 21.4 Å². The van der Waals surface area contributed by atoms with Crippen LogP contribution in [0.2, 0.25) is 0 Å². The third-order valence-electron chi connectivity index (χ3n) is 4.21. The lowest BCUT2D eigenvalue weighted by Crippen LogP contribution is -2.09. The van der Waals surface area contributed by atoms with Crippen molar-refractivity contribution in [3.8, 4) is 27.3 Å². The minimum Gasteiger partial charge on any atom is -0.477 e. The zero-order chi connectivity index (χ0) is 22.7. The van der Waals surface area contributed by atoms with E-state index in [1.165, 1.54) is 29.8 Å². The number of rotatable bonds is 8. The monoisotopic (exact) mass is 524 g/mol. The highest BCUT2D eigenvalue weighted by atomic mass is 79.9. The Morgan fingerprint density at radius 2 is 2.03 bits per heavy atom. The third kappa shape index (κ3) is 4.83. The first-order valence-electron chi connectivity index (χ1n) is 9.34. The van der Waals surface area contributed by atoms with Gasteiger partial charge in [-0.2, -0.15) is 4.98 Å². The maximum absolute atomic E-state index is 14.0. The number of nitrogens with zero attached hydrogens (tertiary/aromatic N) is 4. The molecular weight excluding hydrogens is 510 g/mol. The number of benzene rings is 1. The standard InChI is InChI=1S/C19H15BrF2N6O3S/c1-2-30-17-15(16-26-19(29)31-28-16)32-18(27-17)13-7-14(25-8-24-13)23-4-3-10-11(21)5-9(20)6-12(10)22/h5-8H,2-4H2,1H3,(H,23,24,25)(H,26,28,29). The lowest BCUT2D eigenvalue weighted by Gasteiger charge is -2.08. The molecule has 2 N–H and O–H groups in total. The highest BCUT2D eigenvalue weighted by molar-refractivity contribution is 9.10. The molecule has 0 aliphatic rings. The summed E-state index contributed by atoms with van der Waals surface area (Å²) in [6.45, 7) is 2.41. The normalized spacial score (nSPS) is 11.0. The Kier molecular flexibility index (Phi) is 6.55. The molecule has 0 spiro atoms. The Morgan fingerprint density at radius 3 is 2.72 bits per heavy atom. The summed E-state index contributed by atoms with van der Waals surface area (Å²) >= 11 is 4.26. The third-order valence-corrected chi connectivity index (χ3v) is 5.73. The second-order valence-electron chi connectivity index (χ2n) is 6.34. The molecule has 0 atom stereocenters. The molecule has 0 fully saturated rings. The largest absolute Gasteiger partial charge is 0.477 e. The van der Waals surface area contributed by atoms with Crippen molar-refractivity contribution in [2.75, 3.05) is 18.5 Å². The van der Waals surface area contributed by atoms with Crippen molar-refractivity contribution >= 4 is 33.1 Å². The maximum Gasteiger partial charge on any atom is 0.439 e. The molecule has 4 aromatic rings. The Labute approximate surface area is 192 Å². The Bertz CT molecular complexity index is 1290. The number of nitrogens with one attached hydrogen (secondary N) is 2. The lowest BCUT2D eigenvalue weighted by molar-refractivity contribution is 0.330. The van der Waals surface area contributed by atoms with E-state index in [2.05, 4.69) is 50.9 Å². The van der Waals surface area contributed by atoms with Gasteiger partial charge in [0.15, 0.2) is 5.82 Å². The number of halogens is 3. The van der Waals surface area contributed by atoms with Crippen molar-refractivity contribution < 1.29 is 18.0 Å². The molecule has 0 saturated carbocycles. The summed E-state index contributed by atoms with van der Waals surface area (Å²) in [6.07, 6.45) is 1.47. The molecule has 0 aliphatic heterocycles. The fourth-order valence-electron chi connectivity index (χ4n) is 2.82. The topological polar surface area (TPSA) is 119 Å². The van der Waals surface area contributed by atoms with Gasteiger partial charge in [-0.1, -0.05) is 21.1 Å². The summed E-state index contributed by atoms with van der Waals surface area (Å²) in [7, 11) is 0. The average Bonchev–Trinajstić information content (AvgIpc) is 3.37. The molecule has 0 amide bonds. The highest BCUT2D eigenvalue weighted by Gasteiger charge is 2.20. The molecule has 3 aromatic heterocycles. The Balaban J connectivity index is 1.52. The van der Waals surface area contributed by atoms with E-state index < -0.39 is 17.4 Å². The minimum atomic E-state index is -0.690. The van der Waals surface area contributed by atoms with Gasteiger partial charge < -0.3 is 10.1 Å². The first-order chi connectivity index (χ1) is 15.4. The van der Waals surface area contributed by atoms with Crippen LogP contribution in [-0.4, -0.2) is 38.2 Å². The van der Waals surface area contributed by atoms with E-state index in [1.54, 1.807) is 13.0 Å². The summed E-state index contributed by atoms with van der Waals surface area (Å²) < 4.78 is 38.4. The molecule has 13 heteroatoms. The van der Waals surface area contributed by atoms with Crippen molar-refractivity contribution in [3.63, 3.8) is 0 Å². The lowest BCUT2D eigenvalue weighted by atomic mass is 10.1. The fourth-order valence-corrected chi connectivity index (χ4v) is 4.14. The highest BCUT2D eigenvalue weighted by Crippen LogP contribution is 2.37. The molecule has 0 unspecified atom stereocenters. The molecule has 0 bridgehead atoms. The van der Waals surface area contributed by atoms with Crippen LogP contribution in [0.5, 0.6) is 5.88 Å². The molecule has 32 heavy (non-hydrogen) atoms. The van der Waals surface area contributed by atoms with Crippen molar-refractivity contribution in [2.45, 2.75) is 13.3 Å². The maximum atomic E-state index is 14.0. The van der Waals surface area contributed by atoms with E-state index in [4.69, 9.17) is 4.74 Å². The number of aromatic nitrogens is 5. The van der Waals surface area contributed by atoms with Gasteiger partial charge >= 0.3 is 5.76 Å². The molecule has 0 saturated heterocycles. The summed E-state index contributed by atoms with van der Waals surface area (Å²) in [6, 6.07) is 4.09. The Hall–Kier alpha value is -3.19. The summed E-state index contributed by atoms with van der Waals surface area (Å²) in [4.78, 5) is 27.0. The van der Waals surface area contributed by atoms with E-state index in [0.717, 1.165) is 0 Å². The predicted molar refractivity (Wildman–Crippen MR) is 117 cm³/mol. The van der Waals surface area contributed by atoms with Gasteiger partial charge in [0.25, 0.3) is 0 Å². The van der Waals surface area contributed by atoms with Crippen molar-refractivity contribution in [1.29, 1.82) is 0 Å². The van der Waals surface area contributed by atoms with E-state index in [9.17, 15) is 13.6 Å². The van der Waals surface area contributed by atoms with Gasteiger partial charge in [-0.25, -0.2) is 23.5 Å². The summed E-state index contributed by atoms with van der Waals surface area (Å²) in [5, 5.41) is 7.21. The van der Waals surface area contributed by atoms with Crippen LogP contribution in [0.15, 0.2) is 38.3 Å². The first kappa shape index (κ1) is 22.0. The van der Waals surface area contributed by atoms with Gasteiger partial charge in [-0.3, -0.25) is 9.51 Å². The molecule has 0 radical (unpaired) electrons. The number of ether oxygens (including phenoxy) is 1. The smallest absolute Gasteiger partial charge is 0.439 e. The minimum absolute atomic E-state index is 0.0116. The molecule has 9 nitrogen and oxygen atoms in total. The molecule has 0 aliphatic carbocycles. The van der Waals surface area contributed by atoms with E-state index in [-0.39, 0.29) is 30.2 Å². The summed E-state index contributed by atoms with van der Waals surface area (Å²) in [5.74, 6) is -0.986. The van der Waals surface area contributed by atoms with Crippen LogP contribution in [0, 0.1) is 11.6 Å². The number of aromatic amines is 1. The quantitative estimate of drug-likeness (QED) is 0.354. The number of H-pyrrole nitrogens is 1. The second-order valence-corrected chi connectivity index (χ2v) is 8.26. The van der Waals surface area contributed by atoms with Gasteiger partial charge in [0.2, 0.25) is 5.88 Å². The van der Waals surface area contributed by atoms with Gasteiger partial charge in [-0.15, -0.1) is 11.3 Å². The van der Waals surface area contributed by atoms with Crippen LogP contribution in [0.1, 0.15) is 12.5 Å². The van der Waals surface area contributed by atoms with Crippen LogP contribution < -0.4 is 15.8 Å². The zero-order valence-corrected chi connectivity index (χ0v) is 18.9. The average molecular weight is 525 g/mol. The molecule has 4 rings (SSSR count). The summed E-state index contributed by atoms with van der Waals surface area (Å²) in [5.41, 5.74) is 0.481. The predicted octanol–water partition coefficient (Wildman–Crippen LogP) is 4.04. The first-order valence-corrected chi connectivity index (χ1v) is 10.9. The molecular formula is C19H15BrF2N6O3S. The van der Waals surface area contributed by atoms with Gasteiger partial charge in [0.05, 0.1) is 6.61 Å². The second kappa shape index (κ2) is 9.53. The number of thiazole rings is 1. The van der Waals surface area contributed by atoms with Gasteiger partial charge in [-0.05, 0) is 25.5 Å². The molecule has 166 valence electrons. The number of anilines is 1. The van der Waals surface area contributed by atoms with Crippen LogP contribution in [-0.2, 0) is 6.42 Å². The van der Waals surface area contributed by atoms with Crippen LogP contribution >= 0.6 is 27.3 Å².